The number of piperazine rings is 1. The minimum atomic E-state index is -0.182. The van der Waals surface area contributed by atoms with E-state index < -0.39 is 0 Å². The Morgan fingerprint density at radius 2 is 1.76 bits per heavy atom. The molecule has 1 aromatic carbocycles. The zero-order chi connectivity index (χ0) is 27.2. The van der Waals surface area contributed by atoms with Crippen LogP contribution in [0, 0.1) is 5.92 Å². The Morgan fingerprint density at radius 3 is 2.42 bits per heavy atom. The first-order chi connectivity index (χ1) is 18.2. The molecule has 2 amide bonds. The minimum absolute atomic E-state index is 0.0228. The molecule has 2 saturated heterocycles. The van der Waals surface area contributed by atoms with Crippen LogP contribution in [0.2, 0.25) is 10.2 Å². The first-order valence-corrected chi connectivity index (χ1v) is 14.4. The molecule has 204 valence electrons. The number of amides is 2. The summed E-state index contributed by atoms with van der Waals surface area (Å²) in [7, 11) is 0. The fourth-order valence-corrected chi connectivity index (χ4v) is 5.79. The predicted octanol–water partition coefficient (Wildman–Crippen LogP) is 4.03. The fraction of sp³-hybridized carbons (Fsp3) is 0.500. The molecule has 0 spiro atoms. The Kier molecular flexibility index (Phi) is 9.73. The molecule has 0 bridgehead atoms. The smallest absolute Gasteiger partial charge is 0.309 e. The SMILES string of the molecule is CCOC(=O)C1CCN(C(=O)CSc2nc(Cl)cc(N3CCN(C(=O)c4ccc(Cl)cc4)C(C)C3)n2)CC1. The van der Waals surface area contributed by atoms with E-state index in [1.807, 2.05) is 11.8 Å². The maximum absolute atomic E-state index is 13.0. The lowest BCUT2D eigenvalue weighted by molar-refractivity contribution is -0.151. The first kappa shape index (κ1) is 28.4. The number of halogens is 2. The van der Waals surface area contributed by atoms with Crippen LogP contribution in [-0.4, -0.2) is 88.7 Å². The van der Waals surface area contributed by atoms with Crippen LogP contribution in [0.4, 0.5) is 5.82 Å². The number of carbonyl (C=O) groups is 3. The summed E-state index contributed by atoms with van der Waals surface area (Å²) in [5.74, 6) is 0.471. The predicted molar refractivity (Wildman–Crippen MR) is 148 cm³/mol. The number of rotatable bonds is 7. The van der Waals surface area contributed by atoms with Crippen LogP contribution in [-0.2, 0) is 14.3 Å². The fourth-order valence-electron chi connectivity index (χ4n) is 4.68. The summed E-state index contributed by atoms with van der Waals surface area (Å²) in [4.78, 5) is 52.3. The van der Waals surface area contributed by atoms with E-state index >= 15 is 0 Å². The van der Waals surface area contributed by atoms with Crippen LogP contribution in [0.3, 0.4) is 0 Å². The molecule has 1 unspecified atom stereocenters. The van der Waals surface area contributed by atoms with Gasteiger partial charge in [0, 0.05) is 55.4 Å². The van der Waals surface area contributed by atoms with Crippen LogP contribution in [0.1, 0.15) is 37.0 Å². The molecule has 3 heterocycles. The molecule has 2 fully saturated rings. The summed E-state index contributed by atoms with van der Waals surface area (Å²) < 4.78 is 5.10. The van der Waals surface area contributed by atoms with Gasteiger partial charge in [0.2, 0.25) is 5.91 Å². The van der Waals surface area contributed by atoms with Crippen molar-refractivity contribution in [2.45, 2.75) is 37.9 Å². The second-order valence-electron chi connectivity index (χ2n) is 9.33. The Hall–Kier alpha value is -2.56. The normalized spacial score (nSPS) is 18.4. The molecule has 4 rings (SSSR count). The summed E-state index contributed by atoms with van der Waals surface area (Å²) in [6, 6.07) is 8.57. The van der Waals surface area contributed by atoms with Gasteiger partial charge in [-0.05, 0) is 51.0 Å². The maximum Gasteiger partial charge on any atom is 0.309 e. The molecule has 0 saturated carbocycles. The molecule has 12 heteroatoms. The highest BCUT2D eigenvalue weighted by atomic mass is 35.5. The Morgan fingerprint density at radius 1 is 1.05 bits per heavy atom. The summed E-state index contributed by atoms with van der Waals surface area (Å²) in [5.41, 5.74) is 0.605. The molecule has 2 aliphatic rings. The number of benzene rings is 1. The molecule has 2 aromatic rings. The lowest BCUT2D eigenvalue weighted by atomic mass is 9.97. The Labute approximate surface area is 236 Å². The highest BCUT2D eigenvalue weighted by molar-refractivity contribution is 7.99. The van der Waals surface area contributed by atoms with Crippen LogP contribution in [0.15, 0.2) is 35.5 Å². The summed E-state index contributed by atoms with van der Waals surface area (Å²) in [5, 5.41) is 1.32. The Balaban J connectivity index is 1.31. The van der Waals surface area contributed by atoms with Crippen LogP contribution < -0.4 is 4.90 Å². The lowest BCUT2D eigenvalue weighted by Gasteiger charge is -2.40. The van der Waals surface area contributed by atoms with Gasteiger partial charge in [0.1, 0.15) is 11.0 Å². The first-order valence-electron chi connectivity index (χ1n) is 12.7. The van der Waals surface area contributed by atoms with Gasteiger partial charge in [-0.15, -0.1) is 0 Å². The molecule has 1 aromatic heterocycles. The molecule has 0 radical (unpaired) electrons. The number of likely N-dealkylation sites (tertiary alicyclic amines) is 1. The monoisotopic (exact) mass is 579 g/mol. The lowest BCUT2D eigenvalue weighted by Crippen LogP contribution is -2.54. The third kappa shape index (κ3) is 7.09. The number of anilines is 1. The van der Waals surface area contributed by atoms with Gasteiger partial charge in [-0.1, -0.05) is 35.0 Å². The van der Waals surface area contributed by atoms with E-state index in [0.717, 1.165) is 0 Å². The standard InChI is InChI=1S/C26H31Cl2N5O4S/c1-3-37-25(36)19-8-10-31(11-9-19)23(34)16-38-26-29-21(28)14-22(30-26)32-12-13-33(17(2)15-32)24(35)18-4-6-20(27)7-5-18/h4-7,14,17,19H,3,8-13,15-16H2,1-2H3. The van der Waals surface area contributed by atoms with Gasteiger partial charge in [0.15, 0.2) is 5.16 Å². The van der Waals surface area contributed by atoms with Crippen molar-refractivity contribution in [2.24, 2.45) is 5.92 Å². The average Bonchev–Trinajstić information content (AvgIpc) is 2.91. The second-order valence-corrected chi connectivity index (χ2v) is 11.1. The number of carbonyl (C=O) groups excluding carboxylic acids is 3. The van der Waals surface area contributed by atoms with E-state index in [1.54, 1.807) is 42.2 Å². The van der Waals surface area contributed by atoms with Gasteiger partial charge in [-0.25, -0.2) is 9.97 Å². The summed E-state index contributed by atoms with van der Waals surface area (Å²) in [6.45, 7) is 6.94. The number of piperidine rings is 1. The highest BCUT2D eigenvalue weighted by Crippen LogP contribution is 2.26. The molecule has 9 nitrogen and oxygen atoms in total. The summed E-state index contributed by atoms with van der Waals surface area (Å²) >= 11 is 13.5. The summed E-state index contributed by atoms with van der Waals surface area (Å²) in [6.07, 6.45) is 1.22. The number of hydrogen-bond donors (Lipinski definition) is 0. The maximum atomic E-state index is 13.0. The molecular formula is C26H31Cl2N5O4S. The van der Waals surface area contributed by atoms with Crippen molar-refractivity contribution in [3.05, 3.63) is 46.1 Å². The number of hydrogen-bond acceptors (Lipinski definition) is 8. The van der Waals surface area contributed by atoms with E-state index in [4.69, 9.17) is 27.9 Å². The third-order valence-corrected chi connectivity index (χ3v) is 8.03. The van der Waals surface area contributed by atoms with Crippen molar-refractivity contribution in [1.29, 1.82) is 0 Å². The van der Waals surface area contributed by atoms with Crippen LogP contribution >= 0.6 is 35.0 Å². The van der Waals surface area contributed by atoms with Crippen molar-refractivity contribution in [1.82, 2.24) is 19.8 Å². The van der Waals surface area contributed by atoms with Gasteiger partial charge >= 0.3 is 5.97 Å². The number of esters is 1. The molecule has 38 heavy (non-hydrogen) atoms. The Bertz CT molecular complexity index is 1160. The van der Waals surface area contributed by atoms with Gasteiger partial charge in [0.05, 0.1) is 18.3 Å². The highest BCUT2D eigenvalue weighted by Gasteiger charge is 2.30. The van der Waals surface area contributed by atoms with Crippen LogP contribution in [0.25, 0.3) is 0 Å². The van der Waals surface area contributed by atoms with Crippen molar-refractivity contribution in [2.75, 3.05) is 50.0 Å². The third-order valence-electron chi connectivity index (χ3n) is 6.76. The van der Waals surface area contributed by atoms with Crippen molar-refractivity contribution in [3.63, 3.8) is 0 Å². The number of thioether (sulfide) groups is 1. The number of ether oxygens (including phenoxy) is 1. The quantitative estimate of drug-likeness (QED) is 0.210. The average molecular weight is 581 g/mol. The zero-order valence-corrected chi connectivity index (χ0v) is 23.8. The van der Waals surface area contributed by atoms with Gasteiger partial charge in [0.25, 0.3) is 5.91 Å². The molecule has 1 atom stereocenters. The van der Waals surface area contributed by atoms with E-state index in [1.165, 1.54) is 11.8 Å². The van der Waals surface area contributed by atoms with Crippen molar-refractivity contribution < 1.29 is 19.1 Å². The van der Waals surface area contributed by atoms with Crippen LogP contribution in [0.5, 0.6) is 0 Å². The van der Waals surface area contributed by atoms with Gasteiger partial charge in [-0.3, -0.25) is 14.4 Å². The van der Waals surface area contributed by atoms with E-state index in [2.05, 4.69) is 14.9 Å². The topological polar surface area (TPSA) is 95.9 Å². The van der Waals surface area contributed by atoms with E-state index in [0.29, 0.717) is 78.9 Å². The zero-order valence-electron chi connectivity index (χ0n) is 21.4. The molecule has 0 N–H and O–H groups in total. The largest absolute Gasteiger partial charge is 0.466 e. The molecular weight excluding hydrogens is 549 g/mol. The number of nitrogens with zero attached hydrogens (tertiary/aromatic N) is 5. The second kappa shape index (κ2) is 13.0. The van der Waals surface area contributed by atoms with Gasteiger partial charge in [-0.2, -0.15) is 0 Å². The van der Waals surface area contributed by atoms with E-state index in [-0.39, 0.29) is 35.5 Å². The minimum Gasteiger partial charge on any atom is -0.466 e. The number of aromatic nitrogens is 2. The van der Waals surface area contributed by atoms with E-state index in [9.17, 15) is 14.4 Å². The van der Waals surface area contributed by atoms with Gasteiger partial charge < -0.3 is 19.4 Å². The van der Waals surface area contributed by atoms with Crippen molar-refractivity contribution in [3.8, 4) is 0 Å². The van der Waals surface area contributed by atoms with Crippen molar-refractivity contribution >= 4 is 58.6 Å². The molecule has 0 aliphatic carbocycles. The molecule has 2 aliphatic heterocycles.